The van der Waals surface area contributed by atoms with Gasteiger partial charge in [-0.15, -0.1) is 0 Å². The molecule has 0 bridgehead atoms. The first kappa shape index (κ1) is 16.4. The Kier molecular flexibility index (Phi) is 7.16. The van der Waals surface area contributed by atoms with Gasteiger partial charge in [0.05, 0.1) is 17.9 Å². The zero-order valence-corrected chi connectivity index (χ0v) is 13.7. The van der Waals surface area contributed by atoms with Crippen LogP contribution in [0.4, 0.5) is 0 Å². The molecule has 0 spiro atoms. The van der Waals surface area contributed by atoms with Crippen LogP contribution >= 0.6 is 11.8 Å². The summed E-state index contributed by atoms with van der Waals surface area (Å²) in [7, 11) is 0. The molecule has 2 rings (SSSR count). The van der Waals surface area contributed by atoms with Crippen molar-refractivity contribution in [2.45, 2.75) is 31.9 Å². The van der Waals surface area contributed by atoms with Gasteiger partial charge in [-0.3, -0.25) is 4.79 Å². The maximum Gasteiger partial charge on any atom is 0.224 e. The van der Waals surface area contributed by atoms with Crippen LogP contribution in [0.2, 0.25) is 0 Å². The molecule has 1 saturated heterocycles. The van der Waals surface area contributed by atoms with Crippen LogP contribution in [0, 0.1) is 5.92 Å². The summed E-state index contributed by atoms with van der Waals surface area (Å²) in [6.45, 7) is 6.07. The zero-order valence-electron chi connectivity index (χ0n) is 12.8. The molecule has 1 amide bonds. The van der Waals surface area contributed by atoms with Crippen molar-refractivity contribution in [1.82, 2.24) is 10.2 Å². The lowest BCUT2D eigenvalue weighted by Gasteiger charge is -2.30. The number of hydrogen-bond acceptors (Lipinski definition) is 4. The number of likely N-dealkylation sites (tertiary alicyclic amines) is 1. The molecule has 1 aromatic heterocycles. The molecule has 0 saturated carbocycles. The van der Waals surface area contributed by atoms with Crippen LogP contribution in [0.5, 0.6) is 0 Å². The summed E-state index contributed by atoms with van der Waals surface area (Å²) in [4.78, 5) is 14.5. The first-order valence-electron chi connectivity index (χ1n) is 7.89. The molecular formula is C16H26N2O2S. The summed E-state index contributed by atoms with van der Waals surface area (Å²) in [6.07, 6.45) is 4.90. The van der Waals surface area contributed by atoms with Gasteiger partial charge in [-0.05, 0) is 50.2 Å². The van der Waals surface area contributed by atoms with E-state index in [1.54, 1.807) is 6.26 Å². The third kappa shape index (κ3) is 5.75. The molecule has 0 radical (unpaired) electrons. The molecule has 0 aromatic carbocycles. The predicted octanol–water partition coefficient (Wildman–Crippen LogP) is 2.75. The highest BCUT2D eigenvalue weighted by Gasteiger charge is 2.24. The van der Waals surface area contributed by atoms with Crippen LogP contribution in [-0.2, 0) is 10.5 Å². The third-order valence-corrected chi connectivity index (χ3v) is 4.98. The topological polar surface area (TPSA) is 45.5 Å². The van der Waals surface area contributed by atoms with E-state index in [0.29, 0.717) is 0 Å². The Morgan fingerprint density at radius 3 is 3.24 bits per heavy atom. The van der Waals surface area contributed by atoms with E-state index in [1.807, 2.05) is 23.9 Å². The van der Waals surface area contributed by atoms with Crippen molar-refractivity contribution < 1.29 is 9.21 Å². The molecule has 1 aliphatic rings. The predicted molar refractivity (Wildman–Crippen MR) is 87.3 cm³/mol. The van der Waals surface area contributed by atoms with Gasteiger partial charge in [0.2, 0.25) is 5.91 Å². The summed E-state index contributed by atoms with van der Waals surface area (Å²) in [5, 5.41) is 3.09. The van der Waals surface area contributed by atoms with Crippen LogP contribution in [0.15, 0.2) is 22.8 Å². The number of piperidine rings is 1. The Hall–Kier alpha value is -0.940. The maximum absolute atomic E-state index is 12.1. The van der Waals surface area contributed by atoms with Gasteiger partial charge >= 0.3 is 0 Å². The van der Waals surface area contributed by atoms with E-state index in [4.69, 9.17) is 4.42 Å². The lowest BCUT2D eigenvalue weighted by molar-refractivity contribution is -0.126. The highest BCUT2D eigenvalue weighted by Crippen LogP contribution is 2.16. The maximum atomic E-state index is 12.1. The molecule has 5 heteroatoms. The largest absolute Gasteiger partial charge is 0.468 e. The fourth-order valence-corrected chi connectivity index (χ4v) is 3.51. The number of nitrogens with one attached hydrogen (secondary N) is 1. The summed E-state index contributed by atoms with van der Waals surface area (Å²) < 4.78 is 5.28. The van der Waals surface area contributed by atoms with E-state index in [2.05, 4.69) is 17.1 Å². The highest BCUT2D eigenvalue weighted by molar-refractivity contribution is 7.98. The van der Waals surface area contributed by atoms with E-state index < -0.39 is 0 Å². The minimum Gasteiger partial charge on any atom is -0.468 e. The van der Waals surface area contributed by atoms with Gasteiger partial charge < -0.3 is 14.6 Å². The number of thioether (sulfide) groups is 1. The second kappa shape index (κ2) is 9.15. The number of carbonyl (C=O) groups excluding carboxylic acids is 1. The Labute approximate surface area is 131 Å². The number of amides is 1. The fourth-order valence-electron chi connectivity index (χ4n) is 2.65. The average molecular weight is 310 g/mol. The molecule has 118 valence electrons. The van der Waals surface area contributed by atoms with Crippen molar-refractivity contribution in [3.63, 3.8) is 0 Å². The van der Waals surface area contributed by atoms with Gasteiger partial charge in [0.15, 0.2) is 0 Å². The van der Waals surface area contributed by atoms with E-state index >= 15 is 0 Å². The monoisotopic (exact) mass is 310 g/mol. The minimum absolute atomic E-state index is 0.189. The molecule has 0 aliphatic carbocycles. The van der Waals surface area contributed by atoms with E-state index in [0.717, 1.165) is 62.7 Å². The Morgan fingerprint density at radius 2 is 2.48 bits per heavy atom. The Bertz CT molecular complexity index is 408. The van der Waals surface area contributed by atoms with Crippen molar-refractivity contribution in [1.29, 1.82) is 0 Å². The van der Waals surface area contributed by atoms with Crippen LogP contribution in [0.3, 0.4) is 0 Å². The smallest absolute Gasteiger partial charge is 0.224 e. The van der Waals surface area contributed by atoms with Gasteiger partial charge in [-0.25, -0.2) is 0 Å². The van der Waals surface area contributed by atoms with Crippen LogP contribution in [0.1, 0.15) is 31.9 Å². The molecule has 2 heterocycles. The Morgan fingerprint density at radius 1 is 1.57 bits per heavy atom. The van der Waals surface area contributed by atoms with E-state index in [1.165, 1.54) is 0 Å². The van der Waals surface area contributed by atoms with E-state index in [-0.39, 0.29) is 11.8 Å². The van der Waals surface area contributed by atoms with Crippen molar-refractivity contribution >= 4 is 17.7 Å². The molecule has 4 nitrogen and oxygen atoms in total. The lowest BCUT2D eigenvalue weighted by Crippen LogP contribution is -2.43. The molecule has 1 atom stereocenters. The summed E-state index contributed by atoms with van der Waals surface area (Å²) in [5.74, 6) is 3.41. The van der Waals surface area contributed by atoms with Crippen molar-refractivity contribution in [3.8, 4) is 0 Å². The van der Waals surface area contributed by atoms with Crippen molar-refractivity contribution in [3.05, 3.63) is 24.2 Å². The standard InChI is InChI=1S/C16H26N2O2S/c1-2-18-9-3-6-14(12-18)16(19)17-8-5-11-21-13-15-7-4-10-20-15/h4,7,10,14H,2-3,5-6,8-9,11-13H2,1H3,(H,17,19)/t14-/m0/s1. The first-order chi connectivity index (χ1) is 10.3. The number of hydrogen-bond donors (Lipinski definition) is 1. The number of furan rings is 1. The zero-order chi connectivity index (χ0) is 14.9. The SMILES string of the molecule is CCN1CCC[C@H](C(=O)NCCCSCc2ccco2)C1. The number of nitrogens with zero attached hydrogens (tertiary/aromatic N) is 1. The molecule has 1 N–H and O–H groups in total. The molecule has 1 aromatic rings. The van der Waals surface area contributed by atoms with Gasteiger partial charge in [0.1, 0.15) is 5.76 Å². The fraction of sp³-hybridized carbons (Fsp3) is 0.688. The highest BCUT2D eigenvalue weighted by atomic mass is 32.2. The molecular weight excluding hydrogens is 284 g/mol. The van der Waals surface area contributed by atoms with Gasteiger partial charge in [-0.2, -0.15) is 11.8 Å². The van der Waals surface area contributed by atoms with Gasteiger partial charge in [0.25, 0.3) is 0 Å². The molecule has 21 heavy (non-hydrogen) atoms. The van der Waals surface area contributed by atoms with Crippen LogP contribution < -0.4 is 5.32 Å². The second-order valence-corrected chi connectivity index (χ2v) is 6.61. The van der Waals surface area contributed by atoms with Crippen molar-refractivity contribution in [2.75, 3.05) is 31.9 Å². The Balaban J connectivity index is 1.52. The summed E-state index contributed by atoms with van der Waals surface area (Å²) in [6, 6.07) is 3.91. The van der Waals surface area contributed by atoms with Crippen molar-refractivity contribution in [2.24, 2.45) is 5.92 Å². The normalized spacial score (nSPS) is 19.6. The van der Waals surface area contributed by atoms with Gasteiger partial charge in [0, 0.05) is 13.1 Å². The summed E-state index contributed by atoms with van der Waals surface area (Å²) >= 11 is 1.85. The minimum atomic E-state index is 0.189. The molecule has 1 fully saturated rings. The second-order valence-electron chi connectivity index (χ2n) is 5.51. The molecule has 0 unspecified atom stereocenters. The summed E-state index contributed by atoms with van der Waals surface area (Å²) in [5.41, 5.74) is 0. The first-order valence-corrected chi connectivity index (χ1v) is 9.05. The quantitative estimate of drug-likeness (QED) is 0.750. The van der Waals surface area contributed by atoms with Crippen LogP contribution in [0.25, 0.3) is 0 Å². The number of carbonyl (C=O) groups is 1. The average Bonchev–Trinajstić information content (AvgIpc) is 3.04. The number of rotatable bonds is 8. The van der Waals surface area contributed by atoms with Crippen LogP contribution in [-0.4, -0.2) is 42.7 Å². The van der Waals surface area contributed by atoms with Gasteiger partial charge in [-0.1, -0.05) is 6.92 Å². The molecule has 1 aliphatic heterocycles. The third-order valence-electron chi connectivity index (χ3n) is 3.91. The lowest BCUT2D eigenvalue weighted by atomic mass is 9.97. The van der Waals surface area contributed by atoms with E-state index in [9.17, 15) is 4.79 Å².